The van der Waals surface area contributed by atoms with Crippen LogP contribution in [0.1, 0.15) is 43.4 Å². The van der Waals surface area contributed by atoms with Crippen molar-refractivity contribution in [2.45, 2.75) is 49.9 Å². The molecule has 4 rings (SSSR count). The van der Waals surface area contributed by atoms with Crippen LogP contribution in [0.25, 0.3) is 0 Å². The third kappa shape index (κ3) is 4.60. The van der Waals surface area contributed by atoms with Gasteiger partial charge in [-0.15, -0.1) is 0 Å². The van der Waals surface area contributed by atoms with Gasteiger partial charge in [0.1, 0.15) is 18.8 Å². The van der Waals surface area contributed by atoms with Gasteiger partial charge in [0.2, 0.25) is 0 Å². The molecule has 0 bridgehead atoms. The maximum atomic E-state index is 13.2. The number of pyridine rings is 1. The second kappa shape index (κ2) is 8.96. The number of carbonyl (C=O) groups excluding carboxylic acids is 1. The number of hydrogen-bond acceptors (Lipinski definition) is 5. The third-order valence-corrected chi connectivity index (χ3v) is 6.70. The largest absolute Gasteiger partial charge is 0.480 e. The summed E-state index contributed by atoms with van der Waals surface area (Å²) in [5.74, 6) is -1.05. The molecule has 1 N–H and O–H groups in total. The predicted octanol–water partition coefficient (Wildman–Crippen LogP) is 4.50. The molecule has 2 fully saturated rings. The average Bonchev–Trinajstić information content (AvgIpc) is 3.37. The third-order valence-electron chi connectivity index (χ3n) is 6.23. The van der Waals surface area contributed by atoms with Crippen molar-refractivity contribution in [1.29, 1.82) is 0 Å². The highest BCUT2D eigenvalue weighted by Crippen LogP contribution is 2.51. The van der Waals surface area contributed by atoms with Crippen molar-refractivity contribution >= 4 is 28.0 Å². The van der Waals surface area contributed by atoms with E-state index in [0.717, 1.165) is 35.7 Å². The number of carboxylic acids is 1. The molecule has 1 spiro atoms. The van der Waals surface area contributed by atoms with Crippen LogP contribution in [-0.4, -0.2) is 45.7 Å². The first-order valence-electron chi connectivity index (χ1n) is 10.4. The summed E-state index contributed by atoms with van der Waals surface area (Å²) in [6.07, 6.45) is 5.45. The molecule has 1 saturated carbocycles. The van der Waals surface area contributed by atoms with Crippen LogP contribution in [0.3, 0.4) is 0 Å². The summed E-state index contributed by atoms with van der Waals surface area (Å²) in [6, 6.07) is 13.2. The van der Waals surface area contributed by atoms with E-state index in [1.165, 1.54) is 0 Å². The first kappa shape index (κ1) is 21.8. The summed E-state index contributed by atoms with van der Waals surface area (Å²) in [7, 11) is 0. The molecule has 0 radical (unpaired) electrons. The van der Waals surface area contributed by atoms with E-state index in [1.54, 1.807) is 11.1 Å². The summed E-state index contributed by atoms with van der Waals surface area (Å²) in [6.45, 7) is -0.0605. The summed E-state index contributed by atoms with van der Waals surface area (Å²) in [5.41, 5.74) is 0.135. The minimum absolute atomic E-state index is 0.186. The van der Waals surface area contributed by atoms with Gasteiger partial charge in [0.25, 0.3) is 0 Å². The molecule has 1 saturated heterocycles. The number of amides is 1. The van der Waals surface area contributed by atoms with Crippen molar-refractivity contribution in [3.05, 3.63) is 64.4 Å². The summed E-state index contributed by atoms with van der Waals surface area (Å²) in [4.78, 5) is 30.8. The predicted molar refractivity (Wildman–Crippen MR) is 116 cm³/mol. The van der Waals surface area contributed by atoms with E-state index in [4.69, 9.17) is 9.47 Å². The number of likely N-dealkylation sites (tertiary alicyclic amines) is 1. The minimum Gasteiger partial charge on any atom is -0.480 e. The van der Waals surface area contributed by atoms with Crippen molar-refractivity contribution in [3.8, 4) is 0 Å². The molecule has 31 heavy (non-hydrogen) atoms. The minimum atomic E-state index is -1.05. The molecule has 8 heteroatoms. The van der Waals surface area contributed by atoms with Gasteiger partial charge in [-0.1, -0.05) is 43.2 Å². The summed E-state index contributed by atoms with van der Waals surface area (Å²) in [5, 5.41) is 9.26. The van der Waals surface area contributed by atoms with Crippen LogP contribution in [0.15, 0.2) is 53.1 Å². The van der Waals surface area contributed by atoms with Crippen molar-refractivity contribution in [2.24, 2.45) is 0 Å². The van der Waals surface area contributed by atoms with E-state index in [-0.39, 0.29) is 13.2 Å². The molecule has 7 nitrogen and oxygen atoms in total. The molecule has 1 aliphatic carbocycles. The van der Waals surface area contributed by atoms with E-state index >= 15 is 0 Å². The van der Waals surface area contributed by atoms with Crippen molar-refractivity contribution < 1.29 is 24.2 Å². The Hall–Kier alpha value is -2.45. The number of hydrogen-bond donors (Lipinski definition) is 1. The SMILES string of the molecule is O=C(O)COC1(c2ccc(Br)cn2)CN(C(=O)OCc2ccccc2)C2(CCCC2)C1. The zero-order valence-electron chi connectivity index (χ0n) is 17.1. The molecule has 2 heterocycles. The maximum Gasteiger partial charge on any atom is 0.410 e. The van der Waals surface area contributed by atoms with E-state index in [2.05, 4.69) is 20.9 Å². The summed E-state index contributed by atoms with van der Waals surface area (Å²) >= 11 is 3.39. The van der Waals surface area contributed by atoms with Crippen molar-refractivity contribution in [2.75, 3.05) is 13.2 Å². The normalized spacial score (nSPS) is 22.0. The first-order chi connectivity index (χ1) is 14.9. The summed E-state index contributed by atoms with van der Waals surface area (Å²) < 4.78 is 12.5. The number of benzene rings is 1. The molecule has 1 amide bonds. The number of carbonyl (C=O) groups is 2. The molecule has 1 aromatic carbocycles. The van der Waals surface area contributed by atoms with Crippen LogP contribution in [0.5, 0.6) is 0 Å². The lowest BCUT2D eigenvalue weighted by atomic mass is 9.86. The fourth-order valence-electron chi connectivity index (χ4n) is 4.83. The standard InChI is InChI=1S/C23H25BrN2O5/c24-18-8-9-19(25-12-18)23(31-14-20(27)28)15-22(10-4-5-11-22)26(16-23)21(29)30-13-17-6-2-1-3-7-17/h1-3,6-9,12H,4-5,10-11,13-16H2,(H,27,28). The number of aliphatic carboxylic acids is 1. The monoisotopic (exact) mass is 488 g/mol. The second-order valence-corrected chi connectivity index (χ2v) is 9.19. The Morgan fingerprint density at radius 1 is 1.13 bits per heavy atom. The van der Waals surface area contributed by atoms with Crippen LogP contribution in [0.4, 0.5) is 4.79 Å². The van der Waals surface area contributed by atoms with Gasteiger partial charge in [-0.05, 0) is 46.5 Å². The number of carboxylic acid groups (broad SMARTS) is 1. The Morgan fingerprint density at radius 3 is 2.52 bits per heavy atom. The highest BCUT2D eigenvalue weighted by Gasteiger charge is 2.58. The highest BCUT2D eigenvalue weighted by atomic mass is 79.9. The molecule has 1 aliphatic heterocycles. The van der Waals surface area contributed by atoms with E-state index in [9.17, 15) is 14.7 Å². The molecule has 2 aliphatic rings. The zero-order valence-corrected chi connectivity index (χ0v) is 18.7. The molecule has 2 aromatic rings. The number of halogens is 1. The Labute approximate surface area is 189 Å². The van der Waals surface area contributed by atoms with Gasteiger partial charge in [-0.2, -0.15) is 0 Å². The number of rotatable bonds is 6. The Bertz CT molecular complexity index is 931. The molecular weight excluding hydrogens is 464 g/mol. The number of nitrogens with zero attached hydrogens (tertiary/aromatic N) is 2. The van der Waals surface area contributed by atoms with Gasteiger partial charge in [0, 0.05) is 22.6 Å². The van der Waals surface area contributed by atoms with Crippen LogP contribution < -0.4 is 0 Å². The van der Waals surface area contributed by atoms with Crippen LogP contribution in [0, 0.1) is 0 Å². The zero-order chi connectivity index (χ0) is 21.9. The lowest BCUT2D eigenvalue weighted by Gasteiger charge is -2.33. The van der Waals surface area contributed by atoms with Gasteiger partial charge in [0.05, 0.1) is 12.2 Å². The van der Waals surface area contributed by atoms with E-state index in [1.807, 2.05) is 42.5 Å². The lowest BCUT2D eigenvalue weighted by Crippen LogP contribution is -2.45. The van der Waals surface area contributed by atoms with Gasteiger partial charge in [-0.25, -0.2) is 9.59 Å². The van der Waals surface area contributed by atoms with Gasteiger partial charge in [-0.3, -0.25) is 9.88 Å². The van der Waals surface area contributed by atoms with Crippen molar-refractivity contribution in [1.82, 2.24) is 9.88 Å². The first-order valence-corrected chi connectivity index (χ1v) is 11.2. The number of ether oxygens (including phenoxy) is 2. The van der Waals surface area contributed by atoms with Crippen LogP contribution in [-0.2, 0) is 26.5 Å². The molecule has 1 atom stereocenters. The highest BCUT2D eigenvalue weighted by molar-refractivity contribution is 9.10. The van der Waals surface area contributed by atoms with Gasteiger partial charge >= 0.3 is 12.1 Å². The van der Waals surface area contributed by atoms with Gasteiger partial charge in [0.15, 0.2) is 0 Å². The molecular formula is C23H25BrN2O5. The van der Waals surface area contributed by atoms with E-state index < -0.39 is 29.8 Å². The Balaban J connectivity index is 1.62. The fourth-order valence-corrected chi connectivity index (χ4v) is 5.06. The fraction of sp³-hybridized carbons (Fsp3) is 0.435. The molecule has 1 unspecified atom stereocenters. The Kier molecular flexibility index (Phi) is 6.29. The molecule has 1 aromatic heterocycles. The maximum absolute atomic E-state index is 13.2. The number of aromatic nitrogens is 1. The quantitative estimate of drug-likeness (QED) is 0.643. The topological polar surface area (TPSA) is 89.0 Å². The second-order valence-electron chi connectivity index (χ2n) is 8.27. The Morgan fingerprint density at radius 2 is 1.87 bits per heavy atom. The van der Waals surface area contributed by atoms with Crippen LogP contribution >= 0.6 is 15.9 Å². The smallest absolute Gasteiger partial charge is 0.410 e. The lowest BCUT2D eigenvalue weighted by molar-refractivity contribution is -0.150. The van der Waals surface area contributed by atoms with Crippen LogP contribution in [0.2, 0.25) is 0 Å². The van der Waals surface area contributed by atoms with Gasteiger partial charge < -0.3 is 14.6 Å². The average molecular weight is 489 g/mol. The van der Waals surface area contributed by atoms with Crippen molar-refractivity contribution in [3.63, 3.8) is 0 Å². The molecule has 164 valence electrons. The van der Waals surface area contributed by atoms with E-state index in [0.29, 0.717) is 12.1 Å².